The number of halogens is 3. The highest BCUT2D eigenvalue weighted by atomic mass is 35.5. The summed E-state index contributed by atoms with van der Waals surface area (Å²) in [6.07, 6.45) is 0.977. The van der Waals surface area contributed by atoms with Crippen LogP contribution in [0.5, 0.6) is 0 Å². The number of nitrogens with one attached hydrogen (secondary N) is 1. The zero-order valence-corrected chi connectivity index (χ0v) is 6.92. The molecule has 74 valence electrons. The summed E-state index contributed by atoms with van der Waals surface area (Å²) in [6.45, 7) is 0. The van der Waals surface area contributed by atoms with E-state index < -0.39 is 11.5 Å². The quantitative estimate of drug-likeness (QED) is 0.418. The lowest BCUT2D eigenvalue weighted by atomic mass is 10.7. The van der Waals surface area contributed by atoms with Crippen molar-refractivity contribution in [3.8, 4) is 0 Å². The third kappa shape index (κ3) is 3.09. The Bertz CT molecular complexity index is 264. The summed E-state index contributed by atoms with van der Waals surface area (Å²) in [5.41, 5.74) is 6.32. The molecule has 1 unspecified atom stereocenters. The molecule has 0 fully saturated rings. The van der Waals surface area contributed by atoms with Crippen molar-refractivity contribution in [1.29, 1.82) is 0 Å². The normalized spacial score (nSPS) is 28.2. The van der Waals surface area contributed by atoms with Gasteiger partial charge < -0.3 is 11.1 Å². The molecule has 1 atom stereocenters. The monoisotopic (exact) mass is 213 g/mol. The van der Waals surface area contributed by atoms with Gasteiger partial charge in [0.15, 0.2) is 5.96 Å². The lowest BCUT2D eigenvalue weighted by Crippen LogP contribution is -2.50. The highest BCUT2D eigenvalue weighted by molar-refractivity contribution is 6.20. The Morgan fingerprint density at radius 3 is 2.77 bits per heavy atom. The molecule has 0 amide bonds. The molecule has 13 heavy (non-hydrogen) atoms. The summed E-state index contributed by atoms with van der Waals surface area (Å²) in [4.78, 5) is 6.56. The van der Waals surface area contributed by atoms with Gasteiger partial charge in [0.25, 0.3) is 0 Å². The van der Waals surface area contributed by atoms with E-state index in [0.717, 1.165) is 6.34 Å². The molecule has 0 aliphatic carbocycles. The van der Waals surface area contributed by atoms with Gasteiger partial charge in [-0.15, -0.1) is 0 Å². The summed E-state index contributed by atoms with van der Waals surface area (Å²) < 4.78 is 28.1. The zero-order chi connectivity index (χ0) is 10.1. The van der Waals surface area contributed by atoms with Gasteiger partial charge in [0, 0.05) is 0 Å². The number of alkyl halides is 3. The molecule has 0 aromatic heterocycles. The molecule has 0 bridgehead atoms. The third-order valence-corrected chi connectivity index (χ3v) is 1.09. The molecule has 1 rings (SSSR count). The molecule has 0 spiro atoms. The van der Waals surface area contributed by atoms with Gasteiger partial charge in [-0.3, -0.25) is 5.73 Å². The second-order valence-corrected chi connectivity index (χ2v) is 2.55. The predicted molar refractivity (Wildman–Crippen MR) is 42.1 cm³/mol. The smallest absolute Gasteiger partial charge is 0.369 e. The van der Waals surface area contributed by atoms with Gasteiger partial charge >= 0.3 is 11.5 Å². The molecule has 0 aromatic rings. The van der Waals surface area contributed by atoms with Crippen LogP contribution in [0.2, 0.25) is 0 Å². The Balaban J connectivity index is 2.76. The van der Waals surface area contributed by atoms with Crippen molar-refractivity contribution in [3.05, 3.63) is 0 Å². The van der Waals surface area contributed by atoms with E-state index in [1.165, 1.54) is 0 Å². The first-order valence-corrected chi connectivity index (χ1v) is 3.40. The summed E-state index contributed by atoms with van der Waals surface area (Å²) in [5, 5.41) is 2.31. The minimum atomic E-state index is -3.95. The Labute approximate surface area is 76.6 Å². The van der Waals surface area contributed by atoms with Crippen molar-refractivity contribution in [2.45, 2.75) is 11.5 Å². The van der Waals surface area contributed by atoms with Crippen LogP contribution in [0, 0.1) is 0 Å². The van der Waals surface area contributed by atoms with Crippen LogP contribution in [0.15, 0.2) is 9.98 Å². The van der Waals surface area contributed by atoms with Crippen molar-refractivity contribution < 1.29 is 13.5 Å². The third-order valence-electron chi connectivity index (χ3n) is 1.01. The summed E-state index contributed by atoms with van der Waals surface area (Å²) >= 11 is 4.46. The topological polar surface area (TPSA) is 98.0 Å². The molecule has 9 heteroatoms. The summed E-state index contributed by atoms with van der Waals surface area (Å²) in [5.74, 6) is -2.47. The first kappa shape index (κ1) is 10.1. The molecular formula is C4H6ClF2N5O. The van der Waals surface area contributed by atoms with E-state index in [9.17, 15) is 8.78 Å². The molecule has 5 N–H and O–H groups in total. The van der Waals surface area contributed by atoms with Gasteiger partial charge in [0.05, 0.1) is 6.34 Å². The largest absolute Gasteiger partial charge is 0.444 e. The first-order valence-electron chi connectivity index (χ1n) is 3.02. The van der Waals surface area contributed by atoms with Gasteiger partial charge in [0.2, 0.25) is 0 Å². The Kier molecular flexibility index (Phi) is 2.37. The van der Waals surface area contributed by atoms with Crippen molar-refractivity contribution >= 4 is 23.9 Å². The number of nitrogens with two attached hydrogens (primary N) is 2. The van der Waals surface area contributed by atoms with Gasteiger partial charge in [-0.2, -0.15) is 13.8 Å². The molecule has 1 heterocycles. The number of hydrogen-bond acceptors (Lipinski definition) is 6. The van der Waals surface area contributed by atoms with Crippen LogP contribution in [-0.4, -0.2) is 23.8 Å². The van der Waals surface area contributed by atoms with Crippen molar-refractivity contribution in [1.82, 2.24) is 5.32 Å². The fourth-order valence-electron chi connectivity index (χ4n) is 0.644. The number of hydrogen-bond donors (Lipinski definition) is 3. The fraction of sp³-hybridized carbons (Fsp3) is 0.500. The highest BCUT2D eigenvalue weighted by Gasteiger charge is 2.40. The van der Waals surface area contributed by atoms with E-state index in [4.69, 9.17) is 11.5 Å². The van der Waals surface area contributed by atoms with Crippen molar-refractivity contribution in [2.24, 2.45) is 21.5 Å². The van der Waals surface area contributed by atoms with Crippen LogP contribution in [0.25, 0.3) is 0 Å². The van der Waals surface area contributed by atoms with Crippen LogP contribution in [0.1, 0.15) is 0 Å². The molecule has 0 radical (unpaired) electrons. The van der Waals surface area contributed by atoms with Gasteiger partial charge in [-0.25, -0.2) is 9.73 Å². The molecule has 1 aliphatic heterocycles. The number of rotatable bonds is 2. The van der Waals surface area contributed by atoms with E-state index in [1.807, 2.05) is 0 Å². The van der Waals surface area contributed by atoms with Crippen molar-refractivity contribution in [3.63, 3.8) is 0 Å². The van der Waals surface area contributed by atoms with Gasteiger partial charge in [-0.05, 0) is 11.6 Å². The van der Waals surface area contributed by atoms with Crippen LogP contribution in [0.3, 0.4) is 0 Å². The van der Waals surface area contributed by atoms with Gasteiger partial charge in [-0.1, -0.05) is 0 Å². The predicted octanol–water partition coefficient (Wildman–Crippen LogP) is -0.692. The highest BCUT2D eigenvalue weighted by Crippen LogP contribution is 2.26. The number of aliphatic imine (C=N–C) groups is 2. The Morgan fingerprint density at radius 2 is 2.31 bits per heavy atom. The van der Waals surface area contributed by atoms with Crippen LogP contribution < -0.4 is 16.8 Å². The molecule has 0 saturated carbocycles. The average Bonchev–Trinajstić information content (AvgIpc) is 1.79. The average molecular weight is 214 g/mol. The molecule has 6 nitrogen and oxygen atoms in total. The fourth-order valence-corrected chi connectivity index (χ4v) is 0.758. The van der Waals surface area contributed by atoms with Crippen LogP contribution >= 0.6 is 11.6 Å². The lowest BCUT2D eigenvalue weighted by Gasteiger charge is -2.25. The van der Waals surface area contributed by atoms with Gasteiger partial charge in [0.1, 0.15) is 0 Å². The maximum Gasteiger partial charge on any atom is 0.444 e. The summed E-state index contributed by atoms with van der Waals surface area (Å²) in [6, 6.07) is 0. The first-order chi connectivity index (χ1) is 5.81. The molecule has 0 saturated heterocycles. The minimum absolute atomic E-state index is 0.196. The molecule has 1 aliphatic rings. The summed E-state index contributed by atoms with van der Waals surface area (Å²) in [7, 11) is 0. The Morgan fingerprint density at radius 1 is 1.69 bits per heavy atom. The van der Waals surface area contributed by atoms with E-state index in [0.29, 0.717) is 0 Å². The van der Waals surface area contributed by atoms with Crippen LogP contribution in [-0.2, 0) is 4.74 Å². The minimum Gasteiger partial charge on any atom is -0.369 e. The maximum absolute atomic E-state index is 12.1. The SMILES string of the molecule is NC1=NC(N)(OC(F)(F)Cl)N=CN1. The van der Waals surface area contributed by atoms with Crippen LogP contribution in [0.4, 0.5) is 8.78 Å². The second kappa shape index (κ2) is 3.05. The van der Waals surface area contributed by atoms with Crippen molar-refractivity contribution in [2.75, 3.05) is 0 Å². The lowest BCUT2D eigenvalue weighted by molar-refractivity contribution is -0.235. The number of nitrogens with zero attached hydrogens (tertiary/aromatic N) is 2. The molecular weight excluding hydrogens is 208 g/mol. The molecule has 0 aromatic carbocycles. The second-order valence-electron chi connectivity index (χ2n) is 2.11. The Hall–Kier alpha value is -0.990. The number of guanidine groups is 1. The standard InChI is InChI=1S/C4H6ClF2N5O/c5-3(6,7)13-4(9)11-1-10-2(8)12-4/h1H,9H2,(H3,8,10,11,12). The maximum atomic E-state index is 12.1. The zero-order valence-electron chi connectivity index (χ0n) is 6.17. The van der Waals surface area contributed by atoms with E-state index >= 15 is 0 Å². The van der Waals surface area contributed by atoms with E-state index in [-0.39, 0.29) is 5.96 Å². The van der Waals surface area contributed by atoms with E-state index in [1.54, 1.807) is 0 Å². The van der Waals surface area contributed by atoms with E-state index in [2.05, 4.69) is 31.6 Å². The number of ether oxygens (including phenoxy) is 1.